The highest BCUT2D eigenvalue weighted by Gasteiger charge is 2.22. The number of aryl methyl sites for hydroxylation is 1. The lowest BCUT2D eigenvalue weighted by molar-refractivity contribution is -0.121. The van der Waals surface area contributed by atoms with E-state index < -0.39 is 0 Å². The molecule has 0 spiro atoms. The van der Waals surface area contributed by atoms with Crippen LogP contribution in [0.4, 0.5) is 0 Å². The first-order valence-corrected chi connectivity index (χ1v) is 9.95. The Balaban J connectivity index is 1.57. The van der Waals surface area contributed by atoms with Gasteiger partial charge < -0.3 is 14.8 Å². The van der Waals surface area contributed by atoms with E-state index in [0.29, 0.717) is 19.5 Å². The summed E-state index contributed by atoms with van der Waals surface area (Å²) in [6, 6.07) is 14.2. The molecule has 1 aliphatic rings. The van der Waals surface area contributed by atoms with Crippen LogP contribution in [-0.4, -0.2) is 37.1 Å². The van der Waals surface area contributed by atoms with Crippen molar-refractivity contribution in [1.82, 2.24) is 10.2 Å². The van der Waals surface area contributed by atoms with Crippen LogP contribution >= 0.6 is 0 Å². The summed E-state index contributed by atoms with van der Waals surface area (Å²) in [6.07, 6.45) is 1.54. The molecular formula is C23H30N2O3. The van der Waals surface area contributed by atoms with E-state index >= 15 is 0 Å². The van der Waals surface area contributed by atoms with Gasteiger partial charge in [0.15, 0.2) is 0 Å². The first kappa shape index (κ1) is 20.2. The van der Waals surface area contributed by atoms with Gasteiger partial charge in [0, 0.05) is 38.2 Å². The second-order valence-corrected chi connectivity index (χ2v) is 7.37. The van der Waals surface area contributed by atoms with Crippen molar-refractivity contribution in [1.29, 1.82) is 0 Å². The highest BCUT2D eigenvalue weighted by Crippen LogP contribution is 2.29. The summed E-state index contributed by atoms with van der Waals surface area (Å²) in [5.41, 5.74) is 3.44. The fourth-order valence-corrected chi connectivity index (χ4v) is 3.49. The van der Waals surface area contributed by atoms with E-state index in [9.17, 15) is 4.79 Å². The van der Waals surface area contributed by atoms with Crippen molar-refractivity contribution in [3.63, 3.8) is 0 Å². The van der Waals surface area contributed by atoms with Gasteiger partial charge in [-0.2, -0.15) is 0 Å². The van der Waals surface area contributed by atoms with E-state index in [0.717, 1.165) is 42.1 Å². The first-order valence-electron chi connectivity index (χ1n) is 9.95. The molecule has 1 heterocycles. The van der Waals surface area contributed by atoms with Crippen LogP contribution in [0.25, 0.3) is 0 Å². The minimum atomic E-state index is 0.0746. The van der Waals surface area contributed by atoms with Gasteiger partial charge in [-0.25, -0.2) is 0 Å². The molecule has 150 valence electrons. The largest absolute Gasteiger partial charge is 0.497 e. The monoisotopic (exact) mass is 382 g/mol. The quantitative estimate of drug-likeness (QED) is 0.794. The summed E-state index contributed by atoms with van der Waals surface area (Å²) in [4.78, 5) is 14.6. The molecule has 0 fully saturated rings. The summed E-state index contributed by atoms with van der Waals surface area (Å²) >= 11 is 0. The van der Waals surface area contributed by atoms with Gasteiger partial charge >= 0.3 is 0 Å². The maximum absolute atomic E-state index is 12.3. The zero-order valence-corrected chi connectivity index (χ0v) is 17.0. The normalized spacial score (nSPS) is 16.6. The standard InChI is InChI=1S/C23H30N2O3/c1-4-20-16-25(15-19-13-21(27-3)8-9-22(19)28-20)11-10-23(26)24-14-18-7-5-6-17(2)12-18/h5-9,12-13,20H,4,10-11,14-16H2,1-3H3,(H,24,26). The molecule has 1 aliphatic heterocycles. The lowest BCUT2D eigenvalue weighted by Crippen LogP contribution is -2.35. The third-order valence-corrected chi connectivity index (χ3v) is 5.10. The van der Waals surface area contributed by atoms with E-state index in [1.807, 2.05) is 30.3 Å². The second-order valence-electron chi connectivity index (χ2n) is 7.37. The zero-order chi connectivity index (χ0) is 19.9. The summed E-state index contributed by atoms with van der Waals surface area (Å²) < 4.78 is 11.5. The average Bonchev–Trinajstić information content (AvgIpc) is 2.88. The Hall–Kier alpha value is -2.53. The molecule has 0 radical (unpaired) electrons. The van der Waals surface area contributed by atoms with E-state index in [2.05, 4.69) is 36.2 Å². The molecule has 5 heteroatoms. The van der Waals surface area contributed by atoms with Crippen molar-refractivity contribution in [2.45, 2.75) is 45.9 Å². The molecule has 1 amide bonds. The Kier molecular flexibility index (Phi) is 6.93. The highest BCUT2D eigenvalue weighted by molar-refractivity contribution is 5.76. The van der Waals surface area contributed by atoms with Gasteiger partial charge in [0.1, 0.15) is 17.6 Å². The molecule has 1 N–H and O–H groups in total. The van der Waals surface area contributed by atoms with E-state index in [1.165, 1.54) is 5.56 Å². The lowest BCUT2D eigenvalue weighted by atomic mass is 10.1. The number of hydrogen-bond acceptors (Lipinski definition) is 4. The van der Waals surface area contributed by atoms with Crippen LogP contribution in [0.3, 0.4) is 0 Å². The van der Waals surface area contributed by atoms with Gasteiger partial charge in [-0.15, -0.1) is 0 Å². The van der Waals surface area contributed by atoms with Crippen LogP contribution in [0.2, 0.25) is 0 Å². The number of nitrogens with one attached hydrogen (secondary N) is 1. The van der Waals surface area contributed by atoms with Gasteiger partial charge in [0.2, 0.25) is 5.91 Å². The van der Waals surface area contributed by atoms with Crippen LogP contribution in [0.15, 0.2) is 42.5 Å². The maximum Gasteiger partial charge on any atom is 0.221 e. The number of hydrogen-bond donors (Lipinski definition) is 1. The second kappa shape index (κ2) is 9.60. The number of ether oxygens (including phenoxy) is 2. The van der Waals surface area contributed by atoms with Crippen molar-refractivity contribution in [2.24, 2.45) is 0 Å². The topological polar surface area (TPSA) is 50.8 Å². The van der Waals surface area contributed by atoms with Gasteiger partial charge in [0.25, 0.3) is 0 Å². The molecule has 2 aromatic carbocycles. The minimum Gasteiger partial charge on any atom is -0.497 e. The Labute approximate surface area is 167 Å². The Morgan fingerprint density at radius 1 is 1.29 bits per heavy atom. The molecular weight excluding hydrogens is 352 g/mol. The lowest BCUT2D eigenvalue weighted by Gasteiger charge is -2.22. The molecule has 0 saturated carbocycles. The number of carbonyl (C=O) groups is 1. The molecule has 5 nitrogen and oxygen atoms in total. The van der Waals surface area contributed by atoms with Crippen molar-refractivity contribution in [2.75, 3.05) is 20.2 Å². The fraction of sp³-hybridized carbons (Fsp3) is 0.435. The number of amides is 1. The van der Waals surface area contributed by atoms with Gasteiger partial charge in [0.05, 0.1) is 7.11 Å². The van der Waals surface area contributed by atoms with Crippen LogP contribution in [0.1, 0.15) is 36.5 Å². The molecule has 28 heavy (non-hydrogen) atoms. The van der Waals surface area contributed by atoms with Crippen molar-refractivity contribution < 1.29 is 14.3 Å². The number of benzene rings is 2. The van der Waals surface area contributed by atoms with Crippen molar-refractivity contribution >= 4 is 5.91 Å². The van der Waals surface area contributed by atoms with Gasteiger partial charge in [-0.3, -0.25) is 9.69 Å². The van der Waals surface area contributed by atoms with E-state index in [4.69, 9.17) is 9.47 Å². The highest BCUT2D eigenvalue weighted by atomic mass is 16.5. The summed E-state index contributed by atoms with van der Waals surface area (Å²) in [6.45, 7) is 7.04. The number of nitrogens with zero attached hydrogens (tertiary/aromatic N) is 1. The predicted molar refractivity (Wildman–Crippen MR) is 111 cm³/mol. The number of rotatable bonds is 7. The SMILES string of the molecule is CCC1CN(CCC(=O)NCc2cccc(C)c2)Cc2cc(OC)ccc2O1. The maximum atomic E-state index is 12.3. The van der Waals surface area contributed by atoms with Crippen LogP contribution in [0.5, 0.6) is 11.5 Å². The van der Waals surface area contributed by atoms with Crippen molar-refractivity contribution in [3.05, 3.63) is 59.2 Å². The third-order valence-electron chi connectivity index (χ3n) is 5.10. The Morgan fingerprint density at radius 3 is 2.89 bits per heavy atom. The number of fused-ring (bicyclic) bond motifs is 1. The van der Waals surface area contributed by atoms with E-state index in [1.54, 1.807) is 7.11 Å². The summed E-state index contributed by atoms with van der Waals surface area (Å²) in [5, 5.41) is 3.03. The number of methoxy groups -OCH3 is 1. The molecule has 0 saturated heterocycles. The van der Waals surface area contributed by atoms with Crippen molar-refractivity contribution in [3.8, 4) is 11.5 Å². The molecule has 0 bridgehead atoms. The molecule has 1 unspecified atom stereocenters. The Bertz CT molecular complexity index is 806. The van der Waals surface area contributed by atoms with Crippen LogP contribution < -0.4 is 14.8 Å². The van der Waals surface area contributed by atoms with E-state index in [-0.39, 0.29) is 12.0 Å². The smallest absolute Gasteiger partial charge is 0.221 e. The average molecular weight is 383 g/mol. The van der Waals surface area contributed by atoms with Gasteiger partial charge in [-0.05, 0) is 37.1 Å². The van der Waals surface area contributed by atoms with Crippen LogP contribution in [-0.2, 0) is 17.9 Å². The summed E-state index contributed by atoms with van der Waals surface area (Å²) in [7, 11) is 1.67. The van der Waals surface area contributed by atoms with Crippen LogP contribution in [0, 0.1) is 6.92 Å². The molecule has 1 atom stereocenters. The number of carbonyl (C=O) groups excluding carboxylic acids is 1. The minimum absolute atomic E-state index is 0.0746. The van der Waals surface area contributed by atoms with Gasteiger partial charge in [-0.1, -0.05) is 36.8 Å². The first-order chi connectivity index (χ1) is 13.6. The summed E-state index contributed by atoms with van der Waals surface area (Å²) in [5.74, 6) is 1.82. The third kappa shape index (κ3) is 5.49. The zero-order valence-electron chi connectivity index (χ0n) is 17.0. The predicted octanol–water partition coefficient (Wildman–Crippen LogP) is 3.68. The molecule has 3 rings (SSSR count). The fourth-order valence-electron chi connectivity index (χ4n) is 3.49. The molecule has 0 aliphatic carbocycles. The molecule has 2 aromatic rings. The molecule has 0 aromatic heterocycles. The Morgan fingerprint density at radius 2 is 2.14 bits per heavy atom.